The Labute approximate surface area is 137 Å². The third-order valence-corrected chi connectivity index (χ3v) is 5.16. The van der Waals surface area contributed by atoms with E-state index in [4.69, 9.17) is 0 Å². The molecule has 1 saturated carbocycles. The van der Waals surface area contributed by atoms with Crippen molar-refractivity contribution in [2.75, 3.05) is 18.4 Å². The minimum absolute atomic E-state index is 0.0560. The molecule has 1 aromatic heterocycles. The number of nitrogens with zero attached hydrogens (tertiary/aromatic N) is 3. The minimum Gasteiger partial charge on any atom is -0.366 e. The molecule has 0 amide bonds. The molecule has 2 aliphatic rings. The Morgan fingerprint density at radius 1 is 1.26 bits per heavy atom. The second-order valence-corrected chi connectivity index (χ2v) is 6.89. The first-order valence-electron chi connectivity index (χ1n) is 8.75. The highest BCUT2D eigenvalue weighted by Crippen LogP contribution is 2.27. The fourth-order valence-electron chi connectivity index (χ4n) is 3.91. The number of piperidine rings is 1. The molecule has 1 aromatic rings. The standard InChI is InChI=1S/C17H26N4O2/c1-13-10-16(21(22)23)11-18-17(13)19-14-6-5-9-20(12-14)15-7-3-2-4-8-15/h10-11,14-15H,2-9,12H2,1H3,(H,18,19). The van der Waals surface area contributed by atoms with Gasteiger partial charge in [-0.2, -0.15) is 0 Å². The molecule has 1 saturated heterocycles. The predicted octanol–water partition coefficient (Wildman–Crippen LogP) is 3.51. The molecular formula is C17H26N4O2. The number of aromatic nitrogens is 1. The molecule has 1 N–H and O–H groups in total. The van der Waals surface area contributed by atoms with Crippen LogP contribution in [0.2, 0.25) is 0 Å². The molecule has 1 aliphatic carbocycles. The number of rotatable bonds is 4. The zero-order valence-corrected chi connectivity index (χ0v) is 13.8. The summed E-state index contributed by atoms with van der Waals surface area (Å²) in [5.74, 6) is 0.783. The number of anilines is 1. The maximum atomic E-state index is 10.8. The zero-order valence-electron chi connectivity index (χ0n) is 13.8. The molecule has 0 aromatic carbocycles. The van der Waals surface area contributed by atoms with E-state index in [1.807, 2.05) is 6.92 Å². The number of likely N-dealkylation sites (tertiary alicyclic amines) is 1. The molecule has 1 atom stereocenters. The van der Waals surface area contributed by atoms with E-state index in [1.165, 1.54) is 51.3 Å². The van der Waals surface area contributed by atoms with Gasteiger partial charge in [0, 0.05) is 24.7 Å². The van der Waals surface area contributed by atoms with Crippen LogP contribution in [0, 0.1) is 17.0 Å². The van der Waals surface area contributed by atoms with Crippen LogP contribution in [-0.2, 0) is 0 Å². The predicted molar refractivity (Wildman–Crippen MR) is 90.7 cm³/mol. The van der Waals surface area contributed by atoms with E-state index in [0.717, 1.165) is 30.4 Å². The summed E-state index contributed by atoms with van der Waals surface area (Å²) in [6, 6.07) is 2.73. The normalized spacial score (nSPS) is 23.6. The van der Waals surface area contributed by atoms with E-state index >= 15 is 0 Å². The molecule has 1 unspecified atom stereocenters. The summed E-state index contributed by atoms with van der Waals surface area (Å²) >= 11 is 0. The monoisotopic (exact) mass is 318 g/mol. The summed E-state index contributed by atoms with van der Waals surface area (Å²) in [4.78, 5) is 17.3. The van der Waals surface area contributed by atoms with E-state index in [9.17, 15) is 10.1 Å². The first kappa shape index (κ1) is 16.2. The van der Waals surface area contributed by atoms with Gasteiger partial charge in [-0.1, -0.05) is 19.3 Å². The van der Waals surface area contributed by atoms with Gasteiger partial charge in [-0.05, 0) is 44.7 Å². The molecular weight excluding hydrogens is 292 g/mol. The first-order valence-corrected chi connectivity index (χ1v) is 8.75. The molecule has 23 heavy (non-hydrogen) atoms. The summed E-state index contributed by atoms with van der Waals surface area (Å²) in [7, 11) is 0. The Kier molecular flexibility index (Phi) is 5.10. The van der Waals surface area contributed by atoms with Crippen LogP contribution >= 0.6 is 0 Å². The van der Waals surface area contributed by atoms with Gasteiger partial charge in [0.2, 0.25) is 0 Å². The van der Waals surface area contributed by atoms with Crippen molar-refractivity contribution in [3.8, 4) is 0 Å². The highest BCUT2D eigenvalue weighted by molar-refractivity contribution is 5.48. The van der Waals surface area contributed by atoms with E-state index in [-0.39, 0.29) is 5.69 Å². The van der Waals surface area contributed by atoms with Crippen molar-refractivity contribution in [2.45, 2.75) is 64.0 Å². The smallest absolute Gasteiger partial charge is 0.287 e. The maximum Gasteiger partial charge on any atom is 0.287 e. The molecule has 0 spiro atoms. The lowest BCUT2D eigenvalue weighted by Gasteiger charge is -2.40. The lowest BCUT2D eigenvalue weighted by atomic mass is 9.92. The van der Waals surface area contributed by atoms with E-state index < -0.39 is 4.92 Å². The van der Waals surface area contributed by atoms with Crippen LogP contribution < -0.4 is 5.32 Å². The third-order valence-electron chi connectivity index (χ3n) is 5.16. The Balaban J connectivity index is 1.62. The minimum atomic E-state index is -0.394. The average Bonchev–Trinajstić information content (AvgIpc) is 2.57. The number of pyridine rings is 1. The average molecular weight is 318 g/mol. The molecule has 3 rings (SSSR count). The number of hydrogen-bond donors (Lipinski definition) is 1. The first-order chi connectivity index (χ1) is 11.1. The molecule has 2 heterocycles. The second kappa shape index (κ2) is 7.25. The largest absolute Gasteiger partial charge is 0.366 e. The van der Waals surface area contributed by atoms with Crippen LogP contribution in [0.15, 0.2) is 12.3 Å². The summed E-state index contributed by atoms with van der Waals surface area (Å²) < 4.78 is 0. The van der Waals surface area contributed by atoms with Gasteiger partial charge in [0.15, 0.2) is 0 Å². The summed E-state index contributed by atoms with van der Waals surface area (Å²) in [5, 5.41) is 14.3. The van der Waals surface area contributed by atoms with Crippen LogP contribution in [0.3, 0.4) is 0 Å². The molecule has 0 radical (unpaired) electrons. The summed E-state index contributed by atoms with van der Waals surface area (Å²) in [5.41, 5.74) is 0.898. The van der Waals surface area contributed by atoms with Crippen LogP contribution in [0.1, 0.15) is 50.5 Å². The van der Waals surface area contributed by atoms with E-state index in [2.05, 4.69) is 15.2 Å². The van der Waals surface area contributed by atoms with Gasteiger partial charge in [0.1, 0.15) is 12.0 Å². The van der Waals surface area contributed by atoms with Crippen molar-refractivity contribution in [2.24, 2.45) is 0 Å². The van der Waals surface area contributed by atoms with Gasteiger partial charge < -0.3 is 5.32 Å². The van der Waals surface area contributed by atoms with Crippen molar-refractivity contribution < 1.29 is 4.92 Å². The van der Waals surface area contributed by atoms with Crippen molar-refractivity contribution in [3.05, 3.63) is 27.9 Å². The van der Waals surface area contributed by atoms with Crippen LogP contribution in [0.25, 0.3) is 0 Å². The Morgan fingerprint density at radius 2 is 2.04 bits per heavy atom. The van der Waals surface area contributed by atoms with Gasteiger partial charge in [0.05, 0.1) is 4.92 Å². The second-order valence-electron chi connectivity index (χ2n) is 6.89. The molecule has 126 valence electrons. The zero-order chi connectivity index (χ0) is 16.2. The number of nitrogens with one attached hydrogen (secondary N) is 1. The van der Waals surface area contributed by atoms with Crippen LogP contribution in [0.4, 0.5) is 11.5 Å². The van der Waals surface area contributed by atoms with Gasteiger partial charge in [0.25, 0.3) is 5.69 Å². The Bertz CT molecular complexity index is 558. The fraction of sp³-hybridized carbons (Fsp3) is 0.706. The van der Waals surface area contributed by atoms with Crippen molar-refractivity contribution >= 4 is 11.5 Å². The quantitative estimate of drug-likeness (QED) is 0.679. The maximum absolute atomic E-state index is 10.8. The fourth-order valence-corrected chi connectivity index (χ4v) is 3.91. The number of hydrogen-bond acceptors (Lipinski definition) is 5. The third kappa shape index (κ3) is 3.99. The van der Waals surface area contributed by atoms with Gasteiger partial charge >= 0.3 is 0 Å². The van der Waals surface area contributed by atoms with Gasteiger partial charge in [-0.25, -0.2) is 4.98 Å². The molecule has 6 nitrogen and oxygen atoms in total. The van der Waals surface area contributed by atoms with Gasteiger partial charge in [-0.15, -0.1) is 0 Å². The van der Waals surface area contributed by atoms with Crippen molar-refractivity contribution in [3.63, 3.8) is 0 Å². The number of nitro groups is 1. The SMILES string of the molecule is Cc1cc([N+](=O)[O-])cnc1NC1CCCN(C2CCCCC2)C1. The summed E-state index contributed by atoms with van der Waals surface area (Å²) in [6.07, 6.45) is 10.5. The Morgan fingerprint density at radius 3 is 2.74 bits per heavy atom. The number of aryl methyl sites for hydroxylation is 1. The highest BCUT2D eigenvalue weighted by Gasteiger charge is 2.27. The van der Waals surface area contributed by atoms with Crippen LogP contribution in [-0.4, -0.2) is 40.0 Å². The lowest BCUT2D eigenvalue weighted by Crippen LogP contribution is -2.47. The molecule has 0 bridgehead atoms. The Hall–Kier alpha value is -1.69. The van der Waals surface area contributed by atoms with Crippen molar-refractivity contribution in [1.29, 1.82) is 0 Å². The highest BCUT2D eigenvalue weighted by atomic mass is 16.6. The molecule has 6 heteroatoms. The van der Waals surface area contributed by atoms with Crippen LogP contribution in [0.5, 0.6) is 0 Å². The van der Waals surface area contributed by atoms with E-state index in [0.29, 0.717) is 6.04 Å². The molecule has 2 fully saturated rings. The van der Waals surface area contributed by atoms with Gasteiger partial charge in [-0.3, -0.25) is 15.0 Å². The van der Waals surface area contributed by atoms with Crippen molar-refractivity contribution in [1.82, 2.24) is 9.88 Å². The summed E-state index contributed by atoms with van der Waals surface area (Å²) in [6.45, 7) is 4.14. The van der Waals surface area contributed by atoms with E-state index in [1.54, 1.807) is 6.07 Å². The topological polar surface area (TPSA) is 71.3 Å². The lowest BCUT2D eigenvalue weighted by molar-refractivity contribution is -0.385. The molecule has 1 aliphatic heterocycles.